The zero-order valence-electron chi connectivity index (χ0n) is 7.49. The molecule has 0 N–H and O–H groups in total. The molecule has 1 aromatic rings. The molecule has 66 valence electrons. The molecule has 1 fully saturated rings. The smallest absolute Gasteiger partial charge is 0.0724 e. The van der Waals surface area contributed by atoms with Crippen LogP contribution in [0.4, 0.5) is 0 Å². The molecule has 0 amide bonds. The van der Waals surface area contributed by atoms with Crippen LogP contribution in [0, 0.1) is 0 Å². The molecule has 0 unspecified atom stereocenters. The Morgan fingerprint density at radius 2 is 1.92 bits per heavy atom. The summed E-state index contributed by atoms with van der Waals surface area (Å²) in [5, 5.41) is 0. The Labute approximate surface area is 78.3 Å². The van der Waals surface area contributed by atoms with Crippen LogP contribution in [0.15, 0.2) is 48.1 Å². The summed E-state index contributed by atoms with van der Waals surface area (Å²) < 4.78 is 5.27. The van der Waals surface area contributed by atoms with Crippen molar-refractivity contribution in [1.82, 2.24) is 0 Å². The van der Waals surface area contributed by atoms with Crippen LogP contribution in [0.5, 0.6) is 0 Å². The molecule has 1 saturated heterocycles. The van der Waals surface area contributed by atoms with Gasteiger partial charge in [-0.25, -0.2) is 0 Å². The van der Waals surface area contributed by atoms with E-state index >= 15 is 0 Å². The van der Waals surface area contributed by atoms with Crippen LogP contribution >= 0.6 is 0 Å². The summed E-state index contributed by atoms with van der Waals surface area (Å²) in [5.74, 6) is 0. The van der Waals surface area contributed by atoms with Gasteiger partial charge in [-0.05, 0) is 22.8 Å². The van der Waals surface area contributed by atoms with E-state index in [1.54, 1.807) is 0 Å². The predicted octanol–water partition coefficient (Wildman–Crippen LogP) is 2.66. The summed E-state index contributed by atoms with van der Waals surface area (Å²) in [6, 6.07) is 10.2. The maximum Gasteiger partial charge on any atom is 0.0724 e. The topological polar surface area (TPSA) is 9.23 Å². The molecule has 1 aromatic carbocycles. The van der Waals surface area contributed by atoms with Crippen molar-refractivity contribution in [3.05, 3.63) is 53.6 Å². The fourth-order valence-corrected chi connectivity index (χ4v) is 1.37. The van der Waals surface area contributed by atoms with E-state index in [0.29, 0.717) is 13.2 Å². The highest BCUT2D eigenvalue weighted by Crippen LogP contribution is 2.19. The van der Waals surface area contributed by atoms with Crippen molar-refractivity contribution < 1.29 is 4.74 Å². The van der Waals surface area contributed by atoms with Crippen molar-refractivity contribution in [2.75, 3.05) is 13.2 Å². The molecule has 0 atom stereocenters. The molecule has 0 aromatic heterocycles. The lowest BCUT2D eigenvalue weighted by Crippen LogP contribution is -1.82. The lowest BCUT2D eigenvalue weighted by molar-refractivity contribution is 0.215. The van der Waals surface area contributed by atoms with Gasteiger partial charge in [0.2, 0.25) is 0 Å². The second kappa shape index (κ2) is 3.58. The largest absolute Gasteiger partial charge is 0.372 e. The second-order valence-electron chi connectivity index (χ2n) is 3.18. The SMILES string of the molecule is C=C1COC/C1=C/c1ccccc1. The minimum Gasteiger partial charge on any atom is -0.372 e. The maximum absolute atomic E-state index is 5.27. The summed E-state index contributed by atoms with van der Waals surface area (Å²) >= 11 is 0. The van der Waals surface area contributed by atoms with Gasteiger partial charge in [0.25, 0.3) is 0 Å². The van der Waals surface area contributed by atoms with Crippen LogP contribution in [0.2, 0.25) is 0 Å². The highest BCUT2D eigenvalue weighted by atomic mass is 16.5. The quantitative estimate of drug-likeness (QED) is 0.632. The molecule has 0 radical (unpaired) electrons. The first-order valence-corrected chi connectivity index (χ1v) is 4.38. The first-order valence-electron chi connectivity index (χ1n) is 4.38. The van der Waals surface area contributed by atoms with Crippen LogP contribution in [0.3, 0.4) is 0 Å². The summed E-state index contributed by atoms with van der Waals surface area (Å²) in [5.41, 5.74) is 3.53. The third kappa shape index (κ3) is 1.87. The molecule has 0 bridgehead atoms. The molecular formula is C12H12O. The Bertz CT molecular complexity index is 335. The molecule has 1 heterocycles. The molecular weight excluding hydrogens is 160 g/mol. The standard InChI is InChI=1S/C12H12O/c1-10-8-13-9-12(10)7-11-5-3-2-4-6-11/h2-7H,1,8-9H2/b12-7-. The zero-order valence-corrected chi connectivity index (χ0v) is 7.49. The molecule has 1 nitrogen and oxygen atoms in total. The molecule has 2 rings (SSSR count). The van der Waals surface area contributed by atoms with Gasteiger partial charge < -0.3 is 4.74 Å². The molecule has 0 saturated carbocycles. The van der Waals surface area contributed by atoms with Gasteiger partial charge in [0.05, 0.1) is 13.2 Å². The van der Waals surface area contributed by atoms with E-state index < -0.39 is 0 Å². The predicted molar refractivity (Wildman–Crippen MR) is 54.4 cm³/mol. The van der Waals surface area contributed by atoms with Gasteiger partial charge in [-0.2, -0.15) is 0 Å². The monoisotopic (exact) mass is 172 g/mol. The number of hydrogen-bond donors (Lipinski definition) is 0. The van der Waals surface area contributed by atoms with Crippen molar-refractivity contribution in [1.29, 1.82) is 0 Å². The molecule has 0 aliphatic carbocycles. The van der Waals surface area contributed by atoms with E-state index in [-0.39, 0.29) is 0 Å². The van der Waals surface area contributed by atoms with Crippen molar-refractivity contribution >= 4 is 6.08 Å². The van der Waals surface area contributed by atoms with E-state index in [0.717, 1.165) is 5.57 Å². The Morgan fingerprint density at radius 3 is 2.54 bits per heavy atom. The average molecular weight is 172 g/mol. The number of hydrogen-bond acceptors (Lipinski definition) is 1. The fourth-order valence-electron chi connectivity index (χ4n) is 1.37. The van der Waals surface area contributed by atoms with Crippen LogP contribution < -0.4 is 0 Å². The lowest BCUT2D eigenvalue weighted by atomic mass is 10.1. The van der Waals surface area contributed by atoms with E-state index in [2.05, 4.69) is 24.8 Å². The minimum absolute atomic E-state index is 0.679. The average Bonchev–Trinajstić information content (AvgIpc) is 2.54. The van der Waals surface area contributed by atoms with Crippen molar-refractivity contribution in [3.63, 3.8) is 0 Å². The number of ether oxygens (including phenoxy) is 1. The number of benzene rings is 1. The Balaban J connectivity index is 2.25. The summed E-state index contributed by atoms with van der Waals surface area (Å²) in [6.07, 6.45) is 2.13. The van der Waals surface area contributed by atoms with E-state index in [4.69, 9.17) is 4.74 Å². The van der Waals surface area contributed by atoms with Gasteiger partial charge in [-0.15, -0.1) is 0 Å². The fraction of sp³-hybridized carbons (Fsp3) is 0.167. The highest BCUT2D eigenvalue weighted by Gasteiger charge is 2.10. The maximum atomic E-state index is 5.27. The Morgan fingerprint density at radius 1 is 1.15 bits per heavy atom. The molecule has 13 heavy (non-hydrogen) atoms. The van der Waals surface area contributed by atoms with Crippen LogP contribution in [-0.4, -0.2) is 13.2 Å². The van der Waals surface area contributed by atoms with Crippen molar-refractivity contribution in [2.24, 2.45) is 0 Å². The van der Waals surface area contributed by atoms with Crippen LogP contribution in [0.25, 0.3) is 6.08 Å². The molecule has 0 spiro atoms. The van der Waals surface area contributed by atoms with Gasteiger partial charge >= 0.3 is 0 Å². The van der Waals surface area contributed by atoms with Crippen LogP contribution in [-0.2, 0) is 4.74 Å². The van der Waals surface area contributed by atoms with E-state index in [9.17, 15) is 0 Å². The first-order chi connectivity index (χ1) is 6.36. The number of rotatable bonds is 1. The van der Waals surface area contributed by atoms with Gasteiger partial charge in [0, 0.05) is 0 Å². The van der Waals surface area contributed by atoms with Crippen molar-refractivity contribution in [3.8, 4) is 0 Å². The Kier molecular flexibility index (Phi) is 2.28. The summed E-state index contributed by atoms with van der Waals surface area (Å²) in [6.45, 7) is 5.32. The third-order valence-electron chi connectivity index (χ3n) is 2.13. The minimum atomic E-state index is 0.679. The molecule has 1 aliphatic heterocycles. The summed E-state index contributed by atoms with van der Waals surface area (Å²) in [4.78, 5) is 0. The first kappa shape index (κ1) is 8.27. The molecule has 1 heteroatoms. The normalized spacial score (nSPS) is 19.7. The van der Waals surface area contributed by atoms with Crippen molar-refractivity contribution in [2.45, 2.75) is 0 Å². The zero-order chi connectivity index (χ0) is 9.10. The Hall–Kier alpha value is -1.34. The van der Waals surface area contributed by atoms with Gasteiger partial charge in [-0.1, -0.05) is 36.9 Å². The van der Waals surface area contributed by atoms with Crippen LogP contribution in [0.1, 0.15) is 5.56 Å². The van der Waals surface area contributed by atoms with E-state index in [1.165, 1.54) is 11.1 Å². The second-order valence-corrected chi connectivity index (χ2v) is 3.18. The third-order valence-corrected chi connectivity index (χ3v) is 2.13. The lowest BCUT2D eigenvalue weighted by Gasteiger charge is -1.96. The summed E-state index contributed by atoms with van der Waals surface area (Å²) in [7, 11) is 0. The van der Waals surface area contributed by atoms with Gasteiger partial charge in [0.15, 0.2) is 0 Å². The van der Waals surface area contributed by atoms with Gasteiger partial charge in [0.1, 0.15) is 0 Å². The highest BCUT2D eigenvalue weighted by molar-refractivity contribution is 5.59. The van der Waals surface area contributed by atoms with E-state index in [1.807, 2.05) is 18.2 Å². The molecule has 1 aliphatic rings. The van der Waals surface area contributed by atoms with Gasteiger partial charge in [-0.3, -0.25) is 0 Å².